The monoisotopic (exact) mass is 641 g/mol. The number of aromatic nitrogens is 2. The van der Waals surface area contributed by atoms with E-state index < -0.39 is 0 Å². The molecular formula is C33H38Cl2FN5O3. The molecule has 0 amide bonds. The zero-order valence-corrected chi connectivity index (χ0v) is 26.4. The molecule has 1 saturated carbocycles. The van der Waals surface area contributed by atoms with Crippen molar-refractivity contribution in [2.45, 2.75) is 38.4 Å². The van der Waals surface area contributed by atoms with Crippen LogP contribution >= 0.6 is 24.0 Å². The molecule has 44 heavy (non-hydrogen) atoms. The van der Waals surface area contributed by atoms with Crippen molar-refractivity contribution in [2.24, 2.45) is 0 Å². The lowest BCUT2D eigenvalue weighted by Gasteiger charge is -2.32. The van der Waals surface area contributed by atoms with Crippen LogP contribution in [0.2, 0.25) is 5.02 Å². The second-order valence-electron chi connectivity index (χ2n) is 11.2. The minimum Gasteiger partial charge on any atom is -0.492 e. The topological polar surface area (TPSA) is 72.0 Å². The fraction of sp³-hybridized carbons (Fsp3) is 0.394. The molecule has 11 heteroatoms. The van der Waals surface area contributed by atoms with Gasteiger partial charge in [-0.05, 0) is 68.6 Å². The molecule has 2 fully saturated rings. The second kappa shape index (κ2) is 15.1. The van der Waals surface area contributed by atoms with Crippen LogP contribution in [-0.4, -0.2) is 72.3 Å². The first kappa shape index (κ1) is 32.0. The van der Waals surface area contributed by atoms with E-state index in [9.17, 15) is 4.39 Å². The number of hydrogen-bond acceptors (Lipinski definition) is 8. The number of fused-ring (bicyclic) bond motifs is 1. The van der Waals surface area contributed by atoms with Crippen LogP contribution in [0.3, 0.4) is 0 Å². The van der Waals surface area contributed by atoms with Crippen molar-refractivity contribution in [2.75, 3.05) is 51.7 Å². The summed E-state index contributed by atoms with van der Waals surface area (Å²) in [4.78, 5) is 13.9. The Bertz CT molecular complexity index is 1550. The number of rotatable bonds is 11. The van der Waals surface area contributed by atoms with Crippen LogP contribution < -0.4 is 19.5 Å². The summed E-state index contributed by atoms with van der Waals surface area (Å²) in [6.07, 6.45) is 6.07. The Kier molecular flexibility index (Phi) is 11.0. The van der Waals surface area contributed by atoms with Crippen molar-refractivity contribution in [1.82, 2.24) is 19.8 Å². The lowest BCUT2D eigenvalue weighted by atomic mass is 10.2. The molecule has 1 aromatic heterocycles. The molecule has 1 saturated heterocycles. The molecule has 0 unspecified atom stereocenters. The van der Waals surface area contributed by atoms with Crippen LogP contribution in [-0.2, 0) is 6.61 Å². The highest BCUT2D eigenvalue weighted by Gasteiger charge is 2.21. The molecule has 234 valence electrons. The molecular weight excluding hydrogens is 604 g/mol. The molecule has 2 aliphatic rings. The van der Waals surface area contributed by atoms with Crippen LogP contribution in [0.4, 0.5) is 15.9 Å². The SMILES string of the molecule is CN1CCN(CCOc2cc(OC3CCCC3)c3c(Nc4ccc(OCc5cccc(F)c5)c(Cl)c4)ncnc3c2)CC1.Cl. The highest BCUT2D eigenvalue weighted by molar-refractivity contribution is 6.32. The number of halogens is 3. The summed E-state index contributed by atoms with van der Waals surface area (Å²) < 4.78 is 32.1. The van der Waals surface area contributed by atoms with Gasteiger partial charge in [0.15, 0.2) is 0 Å². The molecule has 1 aliphatic heterocycles. The van der Waals surface area contributed by atoms with Gasteiger partial charge in [0.2, 0.25) is 0 Å². The zero-order valence-electron chi connectivity index (χ0n) is 24.8. The fourth-order valence-corrected chi connectivity index (χ4v) is 5.81. The second-order valence-corrected chi connectivity index (χ2v) is 11.7. The lowest BCUT2D eigenvalue weighted by Crippen LogP contribution is -2.45. The maximum atomic E-state index is 13.5. The highest BCUT2D eigenvalue weighted by Crippen LogP contribution is 2.38. The number of likely N-dealkylation sites (N-methyl/N-ethyl adjacent to an activating group) is 1. The lowest BCUT2D eigenvalue weighted by molar-refractivity contribution is 0.133. The van der Waals surface area contributed by atoms with Crippen molar-refractivity contribution in [3.8, 4) is 17.2 Å². The van der Waals surface area contributed by atoms with Crippen molar-refractivity contribution in [1.29, 1.82) is 0 Å². The molecule has 4 aromatic rings. The van der Waals surface area contributed by atoms with Gasteiger partial charge >= 0.3 is 0 Å². The Hall–Kier alpha value is -3.37. The van der Waals surface area contributed by atoms with Gasteiger partial charge in [-0.15, -0.1) is 12.4 Å². The van der Waals surface area contributed by atoms with E-state index in [0.29, 0.717) is 28.9 Å². The third-order valence-corrected chi connectivity index (χ3v) is 8.32. The Labute approximate surface area is 268 Å². The summed E-state index contributed by atoms with van der Waals surface area (Å²) in [6, 6.07) is 15.7. The van der Waals surface area contributed by atoms with Gasteiger partial charge in [0.25, 0.3) is 0 Å². The maximum absolute atomic E-state index is 13.5. The average molecular weight is 643 g/mol. The number of piperazine rings is 1. The van der Waals surface area contributed by atoms with E-state index in [-0.39, 0.29) is 30.9 Å². The molecule has 0 spiro atoms. The van der Waals surface area contributed by atoms with E-state index in [1.54, 1.807) is 18.2 Å². The molecule has 1 aliphatic carbocycles. The summed E-state index contributed by atoms with van der Waals surface area (Å²) in [5.41, 5.74) is 2.20. The Balaban J connectivity index is 0.00000384. The van der Waals surface area contributed by atoms with E-state index in [0.717, 1.165) is 86.3 Å². The zero-order chi connectivity index (χ0) is 29.6. The number of anilines is 2. The van der Waals surface area contributed by atoms with Crippen molar-refractivity contribution >= 4 is 46.4 Å². The predicted octanol–water partition coefficient (Wildman–Crippen LogP) is 7.11. The molecule has 0 atom stereocenters. The fourth-order valence-electron chi connectivity index (χ4n) is 5.57. The number of nitrogens with zero attached hydrogens (tertiary/aromatic N) is 4. The third kappa shape index (κ3) is 8.21. The largest absolute Gasteiger partial charge is 0.492 e. The van der Waals surface area contributed by atoms with E-state index >= 15 is 0 Å². The van der Waals surface area contributed by atoms with Crippen molar-refractivity contribution < 1.29 is 18.6 Å². The van der Waals surface area contributed by atoms with Crippen LogP contribution in [0.25, 0.3) is 10.9 Å². The van der Waals surface area contributed by atoms with E-state index in [1.165, 1.54) is 18.5 Å². The summed E-state index contributed by atoms with van der Waals surface area (Å²) in [5, 5.41) is 4.62. The quantitative estimate of drug-likeness (QED) is 0.186. The van der Waals surface area contributed by atoms with Crippen molar-refractivity contribution in [3.05, 3.63) is 77.3 Å². The molecule has 2 heterocycles. The van der Waals surface area contributed by atoms with Gasteiger partial charge in [-0.1, -0.05) is 23.7 Å². The van der Waals surface area contributed by atoms with Crippen LogP contribution in [0.15, 0.2) is 60.9 Å². The molecule has 1 N–H and O–H groups in total. The first-order chi connectivity index (χ1) is 21.0. The predicted molar refractivity (Wildman–Crippen MR) is 175 cm³/mol. The smallest absolute Gasteiger partial charge is 0.145 e. The molecule has 0 bridgehead atoms. The maximum Gasteiger partial charge on any atom is 0.145 e. The Morgan fingerprint density at radius 1 is 0.955 bits per heavy atom. The van der Waals surface area contributed by atoms with E-state index in [4.69, 9.17) is 25.8 Å². The Morgan fingerprint density at radius 2 is 1.77 bits per heavy atom. The minimum absolute atomic E-state index is 0. The first-order valence-corrected chi connectivity index (χ1v) is 15.3. The first-order valence-electron chi connectivity index (χ1n) is 14.9. The van der Waals surface area contributed by atoms with E-state index in [2.05, 4.69) is 32.1 Å². The van der Waals surface area contributed by atoms with Gasteiger partial charge in [0.05, 0.1) is 22.0 Å². The van der Waals surface area contributed by atoms with E-state index in [1.807, 2.05) is 24.3 Å². The van der Waals surface area contributed by atoms with Gasteiger partial charge < -0.3 is 24.4 Å². The summed E-state index contributed by atoms with van der Waals surface area (Å²) in [5.74, 6) is 2.27. The minimum atomic E-state index is -0.301. The molecule has 6 rings (SSSR count). The van der Waals surface area contributed by atoms with Crippen molar-refractivity contribution in [3.63, 3.8) is 0 Å². The number of hydrogen-bond donors (Lipinski definition) is 1. The summed E-state index contributed by atoms with van der Waals surface area (Å²) in [6.45, 7) is 5.96. The summed E-state index contributed by atoms with van der Waals surface area (Å²) in [7, 11) is 2.16. The molecule has 3 aromatic carbocycles. The van der Waals surface area contributed by atoms with Gasteiger partial charge in [0, 0.05) is 50.5 Å². The van der Waals surface area contributed by atoms with Gasteiger partial charge in [-0.2, -0.15) is 0 Å². The standard InChI is InChI=1S/C33H37ClFN5O3.ClH/c1-39-11-13-40(14-12-39)15-16-41-27-19-29-32(31(20-27)43-26-7-2-3-8-26)33(37-22-36-29)38-25-9-10-30(28(34)18-25)42-21-23-5-4-6-24(35)17-23;/h4-6,9-10,17-20,22,26H,2-3,7-8,11-16,21H2,1H3,(H,36,37,38);1H. The normalized spacial score (nSPS) is 16.1. The number of benzene rings is 3. The van der Waals surface area contributed by atoms with Gasteiger partial charge in [-0.3, -0.25) is 4.90 Å². The number of nitrogens with one attached hydrogen (secondary N) is 1. The van der Waals surface area contributed by atoms with Crippen LogP contribution in [0.1, 0.15) is 31.2 Å². The van der Waals surface area contributed by atoms with Gasteiger partial charge in [0.1, 0.15) is 48.4 Å². The molecule has 8 nitrogen and oxygen atoms in total. The van der Waals surface area contributed by atoms with Crippen LogP contribution in [0, 0.1) is 5.82 Å². The van der Waals surface area contributed by atoms with Gasteiger partial charge in [-0.25, -0.2) is 14.4 Å². The Morgan fingerprint density at radius 3 is 2.55 bits per heavy atom. The highest BCUT2D eigenvalue weighted by atomic mass is 35.5. The van der Waals surface area contributed by atoms with Crippen LogP contribution in [0.5, 0.6) is 17.2 Å². The third-order valence-electron chi connectivity index (χ3n) is 8.02. The summed E-state index contributed by atoms with van der Waals surface area (Å²) >= 11 is 6.57. The number of ether oxygens (including phenoxy) is 3. The average Bonchev–Trinajstić information content (AvgIpc) is 3.51. The molecule has 0 radical (unpaired) electrons.